The van der Waals surface area contributed by atoms with E-state index in [1.165, 1.54) is 37.0 Å². The fourth-order valence-corrected chi connectivity index (χ4v) is 4.69. The molecule has 7 heteroatoms. The molecule has 0 saturated carbocycles. The molecular formula is C20H22N4OS2. The molecule has 1 fully saturated rings. The van der Waals surface area contributed by atoms with E-state index in [9.17, 15) is 4.79 Å². The molecular weight excluding hydrogens is 376 g/mol. The van der Waals surface area contributed by atoms with Crippen molar-refractivity contribution in [1.29, 1.82) is 0 Å². The summed E-state index contributed by atoms with van der Waals surface area (Å²) < 4.78 is 0. The van der Waals surface area contributed by atoms with E-state index in [0.29, 0.717) is 12.2 Å². The standard InChI is InChI=1S/C20H22N4OS2/c25-19(17-14-27-20(23-17)16-7-10-26-13-16)22-12-15-5-6-18(21-11-15)24-8-3-1-2-4-9-24/h5-7,10-11,13-14H,1-4,8-9,12H2,(H,22,25). The zero-order valence-electron chi connectivity index (χ0n) is 15.1. The third-order valence-electron chi connectivity index (χ3n) is 4.70. The van der Waals surface area contributed by atoms with Crippen molar-refractivity contribution in [2.24, 2.45) is 0 Å². The highest BCUT2D eigenvalue weighted by Crippen LogP contribution is 2.25. The fourth-order valence-electron chi connectivity index (χ4n) is 3.18. The molecule has 27 heavy (non-hydrogen) atoms. The number of aromatic nitrogens is 2. The fraction of sp³-hybridized carbons (Fsp3) is 0.350. The van der Waals surface area contributed by atoms with Gasteiger partial charge in [0.05, 0.1) is 0 Å². The summed E-state index contributed by atoms with van der Waals surface area (Å²) >= 11 is 3.12. The van der Waals surface area contributed by atoms with Gasteiger partial charge in [0.15, 0.2) is 0 Å². The summed E-state index contributed by atoms with van der Waals surface area (Å²) in [7, 11) is 0. The Hall–Kier alpha value is -2.25. The number of thiazole rings is 1. The average molecular weight is 399 g/mol. The van der Waals surface area contributed by atoms with E-state index in [1.54, 1.807) is 11.3 Å². The van der Waals surface area contributed by atoms with Crippen molar-refractivity contribution in [1.82, 2.24) is 15.3 Å². The van der Waals surface area contributed by atoms with Crippen molar-refractivity contribution in [3.05, 3.63) is 51.8 Å². The van der Waals surface area contributed by atoms with Gasteiger partial charge in [-0.3, -0.25) is 4.79 Å². The first-order chi connectivity index (χ1) is 13.3. The molecule has 3 aromatic rings. The second-order valence-corrected chi connectivity index (χ2v) is 8.30. The Morgan fingerprint density at radius 2 is 1.96 bits per heavy atom. The second kappa shape index (κ2) is 8.63. The minimum Gasteiger partial charge on any atom is -0.357 e. The molecule has 0 aliphatic carbocycles. The second-order valence-electron chi connectivity index (χ2n) is 6.66. The molecule has 1 amide bonds. The van der Waals surface area contributed by atoms with Crippen LogP contribution in [0.15, 0.2) is 40.5 Å². The van der Waals surface area contributed by atoms with Crippen LogP contribution in [-0.4, -0.2) is 29.0 Å². The molecule has 4 rings (SSSR count). The predicted octanol–water partition coefficient (Wildman–Crippen LogP) is 4.58. The third kappa shape index (κ3) is 4.54. The molecule has 1 saturated heterocycles. The molecule has 140 valence electrons. The maximum atomic E-state index is 12.4. The molecule has 0 radical (unpaired) electrons. The van der Waals surface area contributed by atoms with Crippen LogP contribution in [0.3, 0.4) is 0 Å². The Labute approximate surface area is 167 Å². The van der Waals surface area contributed by atoms with Crippen LogP contribution in [0.25, 0.3) is 10.6 Å². The smallest absolute Gasteiger partial charge is 0.271 e. The van der Waals surface area contributed by atoms with Crippen LogP contribution in [0.4, 0.5) is 5.82 Å². The zero-order chi connectivity index (χ0) is 18.5. The van der Waals surface area contributed by atoms with E-state index in [4.69, 9.17) is 0 Å². The highest BCUT2D eigenvalue weighted by Gasteiger charge is 2.13. The summed E-state index contributed by atoms with van der Waals surface area (Å²) in [4.78, 5) is 23.8. The number of hydrogen-bond acceptors (Lipinski definition) is 6. The molecule has 1 N–H and O–H groups in total. The van der Waals surface area contributed by atoms with Crippen LogP contribution < -0.4 is 10.2 Å². The van der Waals surface area contributed by atoms with Crippen LogP contribution in [0.5, 0.6) is 0 Å². The van der Waals surface area contributed by atoms with Crippen LogP contribution in [0, 0.1) is 0 Å². The van der Waals surface area contributed by atoms with Crippen LogP contribution >= 0.6 is 22.7 Å². The molecule has 0 unspecified atom stereocenters. The number of nitrogens with one attached hydrogen (secondary N) is 1. The van der Waals surface area contributed by atoms with Gasteiger partial charge in [-0.15, -0.1) is 11.3 Å². The maximum absolute atomic E-state index is 12.4. The molecule has 3 aromatic heterocycles. The summed E-state index contributed by atoms with van der Waals surface area (Å²) in [6.07, 6.45) is 6.95. The molecule has 0 atom stereocenters. The third-order valence-corrected chi connectivity index (χ3v) is 6.27. The lowest BCUT2D eigenvalue weighted by molar-refractivity contribution is 0.0946. The minimum absolute atomic E-state index is 0.149. The van der Waals surface area contributed by atoms with Gasteiger partial charge in [0, 0.05) is 42.2 Å². The number of carbonyl (C=O) groups is 1. The topological polar surface area (TPSA) is 58.1 Å². The summed E-state index contributed by atoms with van der Waals surface area (Å²) in [6, 6.07) is 6.12. The Balaban J connectivity index is 1.33. The first-order valence-corrected chi connectivity index (χ1v) is 11.1. The molecule has 5 nitrogen and oxygen atoms in total. The lowest BCUT2D eigenvalue weighted by atomic mass is 10.2. The minimum atomic E-state index is -0.149. The average Bonchev–Trinajstić information content (AvgIpc) is 3.33. The number of anilines is 1. The van der Waals surface area contributed by atoms with Crippen LogP contribution in [-0.2, 0) is 6.54 Å². The Morgan fingerprint density at radius 3 is 2.67 bits per heavy atom. The van der Waals surface area contributed by atoms with E-state index >= 15 is 0 Å². The van der Waals surface area contributed by atoms with Gasteiger partial charge in [0.2, 0.25) is 0 Å². The first kappa shape index (κ1) is 18.1. The van der Waals surface area contributed by atoms with Gasteiger partial charge in [-0.05, 0) is 35.9 Å². The molecule has 4 heterocycles. The van der Waals surface area contributed by atoms with Crippen LogP contribution in [0.2, 0.25) is 0 Å². The summed E-state index contributed by atoms with van der Waals surface area (Å²) in [5, 5.41) is 9.68. The zero-order valence-corrected chi connectivity index (χ0v) is 16.7. The summed E-state index contributed by atoms with van der Waals surface area (Å²) in [5.74, 6) is 0.885. The van der Waals surface area contributed by atoms with Crippen molar-refractivity contribution in [2.45, 2.75) is 32.2 Å². The van der Waals surface area contributed by atoms with E-state index in [-0.39, 0.29) is 5.91 Å². The number of carbonyl (C=O) groups excluding carboxylic acids is 1. The lowest BCUT2D eigenvalue weighted by Gasteiger charge is -2.21. The molecule has 1 aliphatic heterocycles. The largest absolute Gasteiger partial charge is 0.357 e. The molecule has 0 aromatic carbocycles. The number of hydrogen-bond donors (Lipinski definition) is 1. The quantitative estimate of drug-likeness (QED) is 0.684. The summed E-state index contributed by atoms with van der Waals surface area (Å²) in [6.45, 7) is 2.62. The Morgan fingerprint density at radius 1 is 1.11 bits per heavy atom. The van der Waals surface area contributed by atoms with Crippen molar-refractivity contribution < 1.29 is 4.79 Å². The van der Waals surface area contributed by atoms with Gasteiger partial charge in [-0.2, -0.15) is 11.3 Å². The monoisotopic (exact) mass is 398 g/mol. The van der Waals surface area contributed by atoms with Crippen molar-refractivity contribution in [3.63, 3.8) is 0 Å². The number of rotatable bonds is 5. The van der Waals surface area contributed by atoms with Crippen LogP contribution in [0.1, 0.15) is 41.7 Å². The first-order valence-electron chi connectivity index (χ1n) is 9.26. The molecule has 0 bridgehead atoms. The maximum Gasteiger partial charge on any atom is 0.271 e. The molecule has 0 spiro atoms. The lowest BCUT2D eigenvalue weighted by Crippen LogP contribution is -2.25. The SMILES string of the molecule is O=C(NCc1ccc(N2CCCCCC2)nc1)c1csc(-c2ccsc2)n1. The van der Waals surface area contributed by atoms with Gasteiger partial charge in [0.25, 0.3) is 5.91 Å². The van der Waals surface area contributed by atoms with Gasteiger partial charge in [-0.1, -0.05) is 18.9 Å². The van der Waals surface area contributed by atoms with E-state index in [2.05, 4.69) is 26.3 Å². The highest BCUT2D eigenvalue weighted by atomic mass is 32.1. The van der Waals surface area contributed by atoms with Crippen molar-refractivity contribution >= 4 is 34.4 Å². The normalized spacial score (nSPS) is 14.7. The Bertz CT molecular complexity index is 866. The number of nitrogens with zero attached hydrogens (tertiary/aromatic N) is 3. The van der Waals surface area contributed by atoms with Gasteiger partial charge >= 0.3 is 0 Å². The Kier molecular flexibility index (Phi) is 5.79. The highest BCUT2D eigenvalue weighted by molar-refractivity contribution is 7.14. The summed E-state index contributed by atoms with van der Waals surface area (Å²) in [5.41, 5.74) is 2.53. The van der Waals surface area contributed by atoms with Crippen molar-refractivity contribution in [2.75, 3.05) is 18.0 Å². The number of thiophene rings is 1. The molecule has 1 aliphatic rings. The van der Waals surface area contributed by atoms with E-state index in [0.717, 1.165) is 35.0 Å². The van der Waals surface area contributed by atoms with E-state index in [1.807, 2.05) is 34.5 Å². The number of amides is 1. The van der Waals surface area contributed by atoms with E-state index < -0.39 is 0 Å². The van der Waals surface area contributed by atoms with Crippen molar-refractivity contribution in [3.8, 4) is 10.6 Å². The van der Waals surface area contributed by atoms with Gasteiger partial charge in [0.1, 0.15) is 16.5 Å². The van der Waals surface area contributed by atoms with Gasteiger partial charge in [-0.25, -0.2) is 9.97 Å². The van der Waals surface area contributed by atoms with Gasteiger partial charge < -0.3 is 10.2 Å². The number of pyridine rings is 1. The predicted molar refractivity (Wildman–Crippen MR) is 112 cm³/mol.